The first-order chi connectivity index (χ1) is 74.1. The zero-order chi connectivity index (χ0) is 99.9. The first-order valence-corrected chi connectivity index (χ1v) is 56.0. The zero-order valence-electron chi connectivity index (χ0n) is 83.2. The van der Waals surface area contributed by atoms with Crippen molar-refractivity contribution in [2.45, 2.75) is 30.1 Å². The molecule has 0 unspecified atom stereocenters. The summed E-state index contributed by atoms with van der Waals surface area (Å²) in [4.78, 5) is 7.08. The topological polar surface area (TPSA) is 28.2 Å². The van der Waals surface area contributed by atoms with Gasteiger partial charge in [0, 0.05) is 22.5 Å². The molecule has 0 spiro atoms. The normalized spacial score (nSPS) is 13.6. The monoisotopic (exact) mass is 1950 g/mol. The molecule has 0 amide bonds. The fourth-order valence-corrected chi connectivity index (χ4v) is 35.1. The number of hydrogen-bond acceptors (Lipinski definition) is 5. The first-order valence-electron chi connectivity index (χ1n) is 52.0. The summed E-state index contributed by atoms with van der Waals surface area (Å²) < 4.78 is 12.9. The van der Waals surface area contributed by atoms with Crippen molar-refractivity contribution in [2.75, 3.05) is 14.7 Å². The molecule has 23 aromatic rings. The van der Waals surface area contributed by atoms with Crippen LogP contribution in [0.5, 0.6) is 23.0 Å². The Labute approximate surface area is 879 Å². The highest BCUT2D eigenvalue weighted by molar-refractivity contribution is 7.20. The second kappa shape index (κ2) is 37.2. The third kappa shape index (κ3) is 14.5. The van der Waals surface area contributed by atoms with Crippen LogP contribution in [-0.2, 0) is 16.2 Å². The fourth-order valence-electron chi connectivity index (χ4n) is 25.6. The number of para-hydroxylation sites is 10. The van der Waals surface area contributed by atoms with Crippen LogP contribution in [0.1, 0.15) is 69.5 Å². The van der Waals surface area contributed by atoms with E-state index < -0.39 is 27.0 Å². The molecule has 0 saturated heterocycles. The van der Waals surface area contributed by atoms with Crippen LogP contribution in [0.4, 0.5) is 51.2 Å². The molecular weight excluding hydrogens is 1850 g/mol. The molecule has 0 saturated carbocycles. The number of hydrogen-bond donors (Lipinski definition) is 0. The molecule has 150 heavy (non-hydrogen) atoms. The molecule has 0 N–H and O–H groups in total. The smallest absolute Gasteiger partial charge is 0.179 e. The van der Waals surface area contributed by atoms with Gasteiger partial charge in [0.25, 0.3) is 0 Å². The van der Waals surface area contributed by atoms with E-state index in [1.165, 1.54) is 142 Å². The third-order valence-corrected chi connectivity index (χ3v) is 41.7. The van der Waals surface area contributed by atoms with Gasteiger partial charge in [0.1, 0.15) is 0 Å². The van der Waals surface area contributed by atoms with Crippen molar-refractivity contribution in [2.24, 2.45) is 0 Å². The summed E-state index contributed by atoms with van der Waals surface area (Å²) >= 11 is 0. The van der Waals surface area contributed by atoms with Gasteiger partial charge in [-0.2, -0.15) is 0 Å². The van der Waals surface area contributed by atoms with Crippen LogP contribution in [0, 0.1) is 0 Å². The lowest BCUT2D eigenvalue weighted by atomic mass is 9.68. The van der Waals surface area contributed by atoms with Crippen LogP contribution in [0.2, 0.25) is 0 Å². The Kier molecular flexibility index (Phi) is 22.4. The molecule has 0 radical (unpaired) electrons. The summed E-state index contributed by atoms with van der Waals surface area (Å²) in [6.07, 6.45) is 0. The molecule has 0 aromatic heterocycles. The minimum Gasteiger partial charge on any atom is -0.453 e. The van der Waals surface area contributed by atoms with Crippen LogP contribution in [0.25, 0.3) is 55.6 Å². The van der Waals surface area contributed by atoms with E-state index in [-0.39, 0.29) is 5.41 Å². The van der Waals surface area contributed by atoms with Gasteiger partial charge in [0.2, 0.25) is 0 Å². The maximum Gasteiger partial charge on any atom is 0.179 e. The van der Waals surface area contributed by atoms with Crippen molar-refractivity contribution in [1.29, 1.82) is 0 Å². The zero-order valence-corrected chi connectivity index (χ0v) is 85.2. The SMILES string of the molecule is CC1(C)c2ccccc2N(c2cccc(-c3cccc([Si](c4ccccc4)(c4ccccc4)c4ccc(C5(c6ccccc6)c6ccccc6-c6ccccc65)cc4)c3)c2)c2ccccc21.c1ccc(C2(c3ccc([Si](c4ccccc4)(c4ccccc4)c4cc(-c5ccc(N6c7ccccc7Oc7ccccc76)cc5)cc(-c5ccc(N6c7ccccc7Oc7ccccc76)cc5)c4)cc3)c3ccccc3-c3ccccc32)cc1. The van der Waals surface area contributed by atoms with Gasteiger partial charge in [0.05, 0.1) is 45.0 Å². The van der Waals surface area contributed by atoms with Crippen molar-refractivity contribution < 1.29 is 9.47 Å². The molecule has 3 heterocycles. The molecule has 0 atom stereocenters. The standard InChI is InChI=1S/C79H54N2O2Si.C64H49NSi/c1-4-22-59(23-5-1)79(69-30-12-10-28-67(69)68-29-11-13-31-70(68)79)60-44-50-65(51-45-60)84(63-24-6-2-7-25-63,64-26-8-3-9-27-64)66-53-57(55-40-46-61(47-41-55)80-71-32-14-18-36-75(71)82-76-37-19-15-33-72(76)80)52-58(54-66)56-42-48-62(49-43-56)81-73-34-16-20-38-77(73)83-78-39-21-17-35-74(78)81;1-63(2)59-36-16-18-38-61(59)65(62-39-19-17-37-60(62)63)50-26-20-22-46(44-50)47-23-21-31-54(45-47)66(51-27-8-4-9-28-51,52-29-10-5-11-30-52)53-42-40-49(41-43-53)64(48-24-6-3-7-25-48)57-34-14-12-32-55(57)56-33-13-15-35-58(56)64/h1-54H;3-45H,1-2H3. The lowest BCUT2D eigenvalue weighted by Crippen LogP contribution is -2.74. The maximum atomic E-state index is 6.44. The minimum atomic E-state index is -3.22. The van der Waals surface area contributed by atoms with E-state index in [0.717, 1.165) is 85.1 Å². The molecule has 5 aliphatic rings. The summed E-state index contributed by atoms with van der Waals surface area (Å²) in [6, 6.07) is 218. The molecule has 710 valence electrons. The fraction of sp³-hybridized carbons (Fsp3) is 0.0350. The lowest BCUT2D eigenvalue weighted by molar-refractivity contribution is 0.477. The summed E-state index contributed by atoms with van der Waals surface area (Å²) in [7, 11) is -6.16. The summed E-state index contributed by atoms with van der Waals surface area (Å²) in [6.45, 7) is 4.70. The van der Waals surface area contributed by atoms with Crippen LogP contribution in [0.15, 0.2) is 588 Å². The number of anilines is 9. The molecule has 5 nitrogen and oxygen atoms in total. The third-order valence-electron chi connectivity index (χ3n) is 32.2. The number of benzene rings is 23. The summed E-state index contributed by atoms with van der Waals surface area (Å²) in [5.74, 6) is 3.31. The molecule has 23 aromatic carbocycles. The van der Waals surface area contributed by atoms with E-state index >= 15 is 0 Å². The number of ether oxygens (including phenoxy) is 2. The Balaban J connectivity index is 0.000000152. The quantitative estimate of drug-likeness (QED) is 0.0631. The molecule has 2 aliphatic carbocycles. The van der Waals surface area contributed by atoms with Gasteiger partial charge < -0.3 is 24.2 Å². The minimum absolute atomic E-state index is 0.120. The molecule has 3 aliphatic heterocycles. The second-order valence-electron chi connectivity index (χ2n) is 40.3. The van der Waals surface area contributed by atoms with Gasteiger partial charge in [-0.1, -0.05) is 499 Å². The van der Waals surface area contributed by atoms with Crippen molar-refractivity contribution in [3.05, 3.63) is 644 Å². The van der Waals surface area contributed by atoms with Gasteiger partial charge in [-0.3, -0.25) is 0 Å². The molecule has 0 fully saturated rings. The molecular formula is C143H103N3O2Si2. The van der Waals surface area contributed by atoms with Crippen LogP contribution >= 0.6 is 0 Å². The van der Waals surface area contributed by atoms with E-state index in [4.69, 9.17) is 9.47 Å². The predicted molar refractivity (Wildman–Crippen MR) is 627 cm³/mol. The highest BCUT2D eigenvalue weighted by Gasteiger charge is 2.51. The Bertz CT molecular complexity index is 8570. The Hall–Kier alpha value is -18.5. The van der Waals surface area contributed by atoms with Crippen LogP contribution in [0.3, 0.4) is 0 Å². The van der Waals surface area contributed by atoms with Gasteiger partial charge in [-0.05, 0) is 256 Å². The number of rotatable bonds is 18. The van der Waals surface area contributed by atoms with Gasteiger partial charge in [-0.25, -0.2) is 0 Å². The summed E-state index contributed by atoms with van der Waals surface area (Å²) in [5, 5.41) is 10.6. The maximum absolute atomic E-state index is 6.44. The van der Waals surface area contributed by atoms with Crippen molar-refractivity contribution in [1.82, 2.24) is 0 Å². The second-order valence-corrected chi connectivity index (χ2v) is 47.9. The molecule has 28 rings (SSSR count). The highest BCUT2D eigenvalue weighted by atomic mass is 28.3. The average molecular weight is 1950 g/mol. The van der Waals surface area contributed by atoms with E-state index in [0.29, 0.717) is 0 Å². The van der Waals surface area contributed by atoms with E-state index in [1.807, 2.05) is 48.5 Å². The Morgan fingerprint density at radius 3 is 0.767 bits per heavy atom. The van der Waals surface area contributed by atoms with E-state index in [9.17, 15) is 0 Å². The predicted octanol–water partition coefficient (Wildman–Crippen LogP) is 31.1. The van der Waals surface area contributed by atoms with Crippen molar-refractivity contribution in [3.8, 4) is 78.6 Å². The lowest BCUT2D eigenvalue weighted by Gasteiger charge is -2.42. The van der Waals surface area contributed by atoms with Crippen molar-refractivity contribution in [3.63, 3.8) is 0 Å². The Morgan fingerprint density at radius 2 is 0.413 bits per heavy atom. The molecule has 0 bridgehead atoms. The highest BCUT2D eigenvalue weighted by Crippen LogP contribution is 2.60. The van der Waals surface area contributed by atoms with Crippen LogP contribution in [-0.4, -0.2) is 16.1 Å². The van der Waals surface area contributed by atoms with E-state index in [2.05, 4.69) is 568 Å². The molecule has 7 heteroatoms. The number of fused-ring (bicyclic) bond motifs is 12. The number of nitrogens with zero attached hydrogens (tertiary/aromatic N) is 3. The van der Waals surface area contributed by atoms with Gasteiger partial charge >= 0.3 is 0 Å². The summed E-state index contributed by atoms with van der Waals surface area (Å²) in [5.41, 5.74) is 33.7. The average Bonchev–Trinajstić information content (AvgIpc) is 1.56. The van der Waals surface area contributed by atoms with Gasteiger partial charge in [-0.15, -0.1) is 0 Å². The van der Waals surface area contributed by atoms with Crippen LogP contribution < -0.4 is 65.7 Å². The largest absolute Gasteiger partial charge is 0.453 e. The Morgan fingerprint density at radius 1 is 0.160 bits per heavy atom. The van der Waals surface area contributed by atoms with E-state index in [1.54, 1.807) is 0 Å². The van der Waals surface area contributed by atoms with Crippen molar-refractivity contribution >= 4 is 109 Å². The first kappa shape index (κ1) is 90.3. The van der Waals surface area contributed by atoms with Gasteiger partial charge in [0.15, 0.2) is 39.1 Å².